The third-order valence-electron chi connectivity index (χ3n) is 5.54. The summed E-state index contributed by atoms with van der Waals surface area (Å²) in [6.45, 7) is 1.27. The number of piperidine rings is 1. The number of aryl methyl sites for hydroxylation is 1. The Hall–Kier alpha value is -2.76. The number of nitrogens with zero attached hydrogens (tertiary/aromatic N) is 5. The Kier molecular flexibility index (Phi) is 5.03. The molecular weight excluding hydrogens is 438 g/mol. The molecule has 4 heterocycles. The number of benzene rings is 1. The van der Waals surface area contributed by atoms with Gasteiger partial charge in [0.15, 0.2) is 5.82 Å². The van der Waals surface area contributed by atoms with Gasteiger partial charge in [0.1, 0.15) is 17.1 Å². The van der Waals surface area contributed by atoms with Gasteiger partial charge >= 0.3 is 0 Å². The van der Waals surface area contributed by atoms with Crippen LogP contribution in [0, 0.1) is 0 Å². The fourth-order valence-electron chi connectivity index (χ4n) is 3.86. The molecule has 162 valence electrons. The van der Waals surface area contributed by atoms with E-state index in [1.165, 1.54) is 15.9 Å². The number of thiophene rings is 1. The Balaban J connectivity index is 1.38. The summed E-state index contributed by atoms with van der Waals surface area (Å²) in [7, 11) is -1.81. The number of hydrogen-bond donors (Lipinski definition) is 0. The maximum atomic E-state index is 12.8. The topological polar surface area (TPSA) is 98.8 Å². The lowest BCUT2D eigenvalue weighted by Crippen LogP contribution is -2.35. The van der Waals surface area contributed by atoms with E-state index in [1.807, 2.05) is 15.8 Å². The average molecular weight is 460 g/mol. The largest absolute Gasteiger partial charge is 0.486 e. The fraction of sp³-hybridized carbons (Fsp3) is 0.350. The van der Waals surface area contributed by atoms with Gasteiger partial charge in [0.25, 0.3) is 5.56 Å². The standard InChI is InChI=1S/C20H21N5O4S2/c1-23-19(26)18-16(9-12-30-18)25-17(21-22-20(23)25)13-29-14-5-7-15(8-6-14)31(27,28)24-10-3-2-4-11-24/h5-9,12H,2-4,10-11,13H2,1H3. The van der Waals surface area contributed by atoms with Gasteiger partial charge in [0.2, 0.25) is 15.8 Å². The third kappa shape index (κ3) is 3.42. The first-order valence-electron chi connectivity index (χ1n) is 10.00. The number of rotatable bonds is 5. The highest BCUT2D eigenvalue weighted by molar-refractivity contribution is 7.89. The zero-order valence-corrected chi connectivity index (χ0v) is 18.5. The molecule has 0 saturated carbocycles. The molecule has 0 radical (unpaired) electrons. The van der Waals surface area contributed by atoms with Crippen molar-refractivity contribution in [1.82, 2.24) is 23.5 Å². The smallest absolute Gasteiger partial charge is 0.272 e. The summed E-state index contributed by atoms with van der Waals surface area (Å²) in [5.41, 5.74) is 0.637. The van der Waals surface area contributed by atoms with E-state index in [0.717, 1.165) is 24.8 Å². The Morgan fingerprint density at radius 3 is 2.55 bits per heavy atom. The van der Waals surface area contributed by atoms with Gasteiger partial charge in [-0.1, -0.05) is 6.42 Å². The zero-order chi connectivity index (χ0) is 21.6. The second-order valence-corrected chi connectivity index (χ2v) is 10.3. The number of aromatic nitrogens is 4. The molecule has 0 N–H and O–H groups in total. The van der Waals surface area contributed by atoms with Gasteiger partial charge in [0.05, 0.1) is 10.4 Å². The lowest BCUT2D eigenvalue weighted by molar-refractivity contribution is 0.294. The van der Waals surface area contributed by atoms with Gasteiger partial charge in [-0.2, -0.15) is 4.31 Å². The first-order valence-corrected chi connectivity index (χ1v) is 12.3. The summed E-state index contributed by atoms with van der Waals surface area (Å²) in [4.78, 5) is 12.7. The maximum Gasteiger partial charge on any atom is 0.272 e. The van der Waals surface area contributed by atoms with Crippen LogP contribution in [-0.2, 0) is 23.7 Å². The Labute approximate surface area is 182 Å². The molecule has 1 aliphatic heterocycles. The van der Waals surface area contributed by atoms with Crippen LogP contribution in [0.2, 0.25) is 0 Å². The third-order valence-corrected chi connectivity index (χ3v) is 8.35. The first kappa shape index (κ1) is 20.2. The molecule has 5 rings (SSSR count). The highest BCUT2D eigenvalue weighted by Gasteiger charge is 2.25. The molecule has 1 aromatic carbocycles. The van der Waals surface area contributed by atoms with Gasteiger partial charge in [-0.15, -0.1) is 21.5 Å². The fourth-order valence-corrected chi connectivity index (χ4v) is 6.22. The van der Waals surface area contributed by atoms with Crippen LogP contribution in [0.1, 0.15) is 25.1 Å². The second kappa shape index (κ2) is 7.74. The number of hydrogen-bond acceptors (Lipinski definition) is 7. The van der Waals surface area contributed by atoms with Crippen LogP contribution >= 0.6 is 11.3 Å². The summed E-state index contributed by atoms with van der Waals surface area (Å²) >= 11 is 1.37. The molecule has 1 aliphatic rings. The number of fused-ring (bicyclic) bond motifs is 3. The minimum absolute atomic E-state index is 0.108. The predicted molar refractivity (Wildman–Crippen MR) is 117 cm³/mol. The van der Waals surface area contributed by atoms with Crippen LogP contribution in [0.15, 0.2) is 45.4 Å². The molecular formula is C20H21N5O4S2. The molecule has 9 nitrogen and oxygen atoms in total. The molecule has 0 unspecified atom stereocenters. The highest BCUT2D eigenvalue weighted by atomic mass is 32.2. The normalized spacial score (nSPS) is 15.6. The van der Waals surface area contributed by atoms with Gasteiger partial charge < -0.3 is 4.74 Å². The lowest BCUT2D eigenvalue weighted by Gasteiger charge is -2.25. The molecule has 11 heteroatoms. The van der Waals surface area contributed by atoms with E-state index < -0.39 is 10.0 Å². The molecule has 0 bridgehead atoms. The van der Waals surface area contributed by atoms with Gasteiger partial charge in [-0.05, 0) is 48.6 Å². The number of ether oxygens (including phenoxy) is 1. The van der Waals surface area contributed by atoms with E-state index in [9.17, 15) is 13.2 Å². The van der Waals surface area contributed by atoms with Crippen molar-refractivity contribution in [2.24, 2.45) is 7.05 Å². The van der Waals surface area contributed by atoms with Crippen LogP contribution < -0.4 is 10.3 Å². The SMILES string of the molecule is Cn1c(=O)c2sccc2n2c(COc3ccc(S(=O)(=O)N4CCCCC4)cc3)nnc12. The van der Waals surface area contributed by atoms with Crippen molar-refractivity contribution in [2.45, 2.75) is 30.8 Å². The summed E-state index contributed by atoms with van der Waals surface area (Å²) < 4.78 is 36.9. The predicted octanol–water partition coefficient (Wildman–Crippen LogP) is 2.40. The maximum absolute atomic E-state index is 12.8. The molecule has 4 aromatic rings. The van der Waals surface area contributed by atoms with Crippen molar-refractivity contribution >= 4 is 37.4 Å². The monoisotopic (exact) mass is 459 g/mol. The second-order valence-electron chi connectivity index (χ2n) is 7.48. The first-order chi connectivity index (χ1) is 15.0. The van der Waals surface area contributed by atoms with Gasteiger partial charge in [0, 0.05) is 20.1 Å². The Morgan fingerprint density at radius 2 is 1.81 bits per heavy atom. The van der Waals surface area contributed by atoms with E-state index >= 15 is 0 Å². The highest BCUT2D eigenvalue weighted by Crippen LogP contribution is 2.24. The molecule has 0 aliphatic carbocycles. The van der Waals surface area contributed by atoms with Crippen LogP contribution in [0.4, 0.5) is 0 Å². The van der Waals surface area contributed by atoms with Crippen molar-refractivity contribution in [1.29, 1.82) is 0 Å². The van der Waals surface area contributed by atoms with E-state index in [0.29, 0.717) is 35.1 Å². The van der Waals surface area contributed by atoms with E-state index in [1.54, 1.807) is 35.6 Å². The number of sulfonamides is 1. The molecule has 1 fully saturated rings. The summed E-state index contributed by atoms with van der Waals surface area (Å²) in [6, 6.07) is 8.30. The van der Waals surface area contributed by atoms with Crippen LogP contribution in [0.5, 0.6) is 5.75 Å². The molecule has 0 spiro atoms. The molecule has 1 saturated heterocycles. The van der Waals surface area contributed by atoms with Crippen molar-refractivity contribution < 1.29 is 13.2 Å². The van der Waals surface area contributed by atoms with Gasteiger partial charge in [-0.25, -0.2) is 8.42 Å². The molecule has 31 heavy (non-hydrogen) atoms. The van der Waals surface area contributed by atoms with Crippen molar-refractivity contribution in [2.75, 3.05) is 13.1 Å². The van der Waals surface area contributed by atoms with Crippen LogP contribution in [0.25, 0.3) is 16.0 Å². The Morgan fingerprint density at radius 1 is 1.06 bits per heavy atom. The average Bonchev–Trinajstić information content (AvgIpc) is 3.44. The van der Waals surface area contributed by atoms with Crippen LogP contribution in [0.3, 0.4) is 0 Å². The Bertz CT molecular complexity index is 1410. The van der Waals surface area contributed by atoms with E-state index in [4.69, 9.17) is 4.74 Å². The summed E-state index contributed by atoms with van der Waals surface area (Å²) in [5.74, 6) is 1.53. The van der Waals surface area contributed by atoms with Crippen molar-refractivity contribution in [3.8, 4) is 5.75 Å². The van der Waals surface area contributed by atoms with Gasteiger partial charge in [-0.3, -0.25) is 13.8 Å². The minimum atomic E-state index is -3.47. The van der Waals surface area contributed by atoms with Crippen molar-refractivity contribution in [3.05, 3.63) is 51.9 Å². The van der Waals surface area contributed by atoms with Crippen molar-refractivity contribution in [3.63, 3.8) is 0 Å². The summed E-state index contributed by atoms with van der Waals surface area (Å²) in [5, 5.41) is 10.2. The van der Waals surface area contributed by atoms with E-state index in [-0.39, 0.29) is 17.1 Å². The summed E-state index contributed by atoms with van der Waals surface area (Å²) in [6.07, 6.45) is 2.87. The van der Waals surface area contributed by atoms with Crippen LogP contribution in [-0.4, -0.2) is 45.0 Å². The molecule has 3 aromatic heterocycles. The molecule has 0 amide bonds. The lowest BCUT2D eigenvalue weighted by atomic mass is 10.2. The quantitative estimate of drug-likeness (QED) is 0.454. The molecule has 0 atom stereocenters. The zero-order valence-electron chi connectivity index (χ0n) is 16.9. The minimum Gasteiger partial charge on any atom is -0.486 e. The van der Waals surface area contributed by atoms with E-state index in [2.05, 4.69) is 10.2 Å².